The first-order chi connectivity index (χ1) is 14.6. The van der Waals surface area contributed by atoms with Gasteiger partial charge >= 0.3 is 12.3 Å². The predicted octanol–water partition coefficient (Wildman–Crippen LogP) is 6.40. The number of carboxylic acid groups (broad SMARTS) is 2. The van der Waals surface area contributed by atoms with Crippen molar-refractivity contribution >= 4 is 12.3 Å². The molecule has 8 nitrogen and oxygen atoms in total. The Hall–Kier alpha value is -1.80. The quantitative estimate of drug-likeness (QED) is 0.220. The zero-order chi connectivity index (χ0) is 23.4. The van der Waals surface area contributed by atoms with Crippen LogP contribution in [-0.2, 0) is 18.9 Å². The molecule has 0 aromatic carbocycles. The van der Waals surface area contributed by atoms with E-state index in [-0.39, 0.29) is 0 Å². The molecule has 8 heteroatoms. The van der Waals surface area contributed by atoms with Crippen molar-refractivity contribution in [3.05, 3.63) is 12.2 Å². The van der Waals surface area contributed by atoms with Gasteiger partial charge in [0.05, 0.1) is 0 Å². The summed E-state index contributed by atoms with van der Waals surface area (Å²) in [4.78, 5) is 21.5. The second-order valence-corrected chi connectivity index (χ2v) is 9.12. The van der Waals surface area contributed by atoms with Crippen LogP contribution in [0.5, 0.6) is 0 Å². The average molecular weight is 445 g/mol. The lowest BCUT2D eigenvalue weighted by Crippen LogP contribution is -2.31. The van der Waals surface area contributed by atoms with E-state index < -0.39 is 31.2 Å². The SMILES string of the molecule is C=C(CCCC(C)CCCC(C)CCCC(C)C)C1O[C@@H](OC(=O)O)[C@H](OC(=O)O)O1. The number of hydrogen-bond donors (Lipinski definition) is 2. The Morgan fingerprint density at radius 2 is 1.23 bits per heavy atom. The average Bonchev–Trinajstić information content (AvgIpc) is 3.02. The molecule has 180 valence electrons. The number of ether oxygens (including phenoxy) is 4. The second kappa shape index (κ2) is 14.3. The number of carbonyl (C=O) groups is 2. The smallest absolute Gasteiger partial charge is 0.450 e. The zero-order valence-electron chi connectivity index (χ0n) is 19.4. The first kappa shape index (κ1) is 27.2. The molecule has 0 aromatic heterocycles. The van der Waals surface area contributed by atoms with E-state index >= 15 is 0 Å². The summed E-state index contributed by atoms with van der Waals surface area (Å²) in [6, 6.07) is 0. The van der Waals surface area contributed by atoms with Crippen molar-refractivity contribution < 1.29 is 38.7 Å². The Kier molecular flexibility index (Phi) is 12.6. The van der Waals surface area contributed by atoms with E-state index in [2.05, 4.69) is 43.7 Å². The van der Waals surface area contributed by atoms with Crippen molar-refractivity contribution in [3.8, 4) is 0 Å². The van der Waals surface area contributed by atoms with Crippen molar-refractivity contribution in [3.63, 3.8) is 0 Å². The molecule has 0 aromatic rings. The van der Waals surface area contributed by atoms with Crippen LogP contribution >= 0.6 is 0 Å². The fraction of sp³-hybridized carbons (Fsp3) is 0.826. The lowest BCUT2D eigenvalue weighted by molar-refractivity contribution is -0.153. The van der Waals surface area contributed by atoms with Gasteiger partial charge in [0.25, 0.3) is 12.6 Å². The number of hydrogen-bond acceptors (Lipinski definition) is 6. The van der Waals surface area contributed by atoms with Crippen LogP contribution in [-0.4, -0.2) is 41.4 Å². The highest BCUT2D eigenvalue weighted by Gasteiger charge is 2.43. The highest BCUT2D eigenvalue weighted by atomic mass is 16.9. The third-order valence-corrected chi connectivity index (χ3v) is 5.57. The Balaban J connectivity index is 2.25. The number of rotatable bonds is 15. The first-order valence-electron chi connectivity index (χ1n) is 11.4. The molecule has 0 saturated carbocycles. The molecule has 1 aliphatic heterocycles. The largest absolute Gasteiger partial charge is 0.508 e. The van der Waals surface area contributed by atoms with Gasteiger partial charge in [-0.1, -0.05) is 79.2 Å². The van der Waals surface area contributed by atoms with Crippen LogP contribution in [0.2, 0.25) is 0 Å². The summed E-state index contributed by atoms with van der Waals surface area (Å²) in [5.41, 5.74) is 0.599. The molecule has 1 heterocycles. The van der Waals surface area contributed by atoms with E-state index in [1.807, 2.05) is 0 Å². The summed E-state index contributed by atoms with van der Waals surface area (Å²) in [6.07, 6.45) is 3.07. The second-order valence-electron chi connectivity index (χ2n) is 9.12. The van der Waals surface area contributed by atoms with E-state index in [1.54, 1.807) is 0 Å². The molecule has 4 atom stereocenters. The van der Waals surface area contributed by atoms with Crippen molar-refractivity contribution in [2.45, 2.75) is 104 Å². The summed E-state index contributed by atoms with van der Waals surface area (Å²) in [7, 11) is 0. The van der Waals surface area contributed by atoms with Gasteiger partial charge in [-0.3, -0.25) is 0 Å². The standard InChI is InChI=1S/C23H40O8/c1-15(2)9-6-10-16(3)11-7-12-17(4)13-8-14-18(5)19-28-20(30-22(24)25)21(29-19)31-23(26)27/h15-17,19-21H,5-14H2,1-4H3,(H,24,25)(H,26,27)/t16?,17?,20-,21-/m0/s1. The van der Waals surface area contributed by atoms with Gasteiger partial charge in [0, 0.05) is 0 Å². The Bertz CT molecular complexity index is 538. The lowest BCUT2D eigenvalue weighted by atomic mass is 9.91. The van der Waals surface area contributed by atoms with Gasteiger partial charge in [0.15, 0.2) is 6.29 Å². The summed E-state index contributed by atoms with van der Waals surface area (Å²) in [5, 5.41) is 17.5. The minimum absolute atomic E-state index is 0.599. The van der Waals surface area contributed by atoms with E-state index in [9.17, 15) is 9.59 Å². The zero-order valence-corrected chi connectivity index (χ0v) is 19.4. The van der Waals surface area contributed by atoms with Crippen LogP contribution in [0.4, 0.5) is 9.59 Å². The first-order valence-corrected chi connectivity index (χ1v) is 11.4. The Morgan fingerprint density at radius 1 is 0.806 bits per heavy atom. The highest BCUT2D eigenvalue weighted by molar-refractivity contribution is 5.58. The van der Waals surface area contributed by atoms with Gasteiger partial charge in [-0.05, 0) is 36.2 Å². The van der Waals surface area contributed by atoms with Gasteiger partial charge in [0.1, 0.15) is 0 Å². The van der Waals surface area contributed by atoms with Crippen molar-refractivity contribution in [1.82, 2.24) is 0 Å². The Morgan fingerprint density at radius 3 is 1.65 bits per heavy atom. The molecule has 1 aliphatic rings. The Labute approximate surface area is 185 Å². The maximum absolute atomic E-state index is 10.7. The van der Waals surface area contributed by atoms with Crippen LogP contribution in [0, 0.1) is 17.8 Å². The summed E-state index contributed by atoms with van der Waals surface area (Å²) < 4.78 is 19.6. The van der Waals surface area contributed by atoms with Crippen LogP contribution < -0.4 is 0 Å². The summed E-state index contributed by atoms with van der Waals surface area (Å²) >= 11 is 0. The van der Waals surface area contributed by atoms with Crippen LogP contribution in [0.3, 0.4) is 0 Å². The van der Waals surface area contributed by atoms with E-state index in [1.165, 1.54) is 38.5 Å². The van der Waals surface area contributed by atoms with Crippen molar-refractivity contribution in [1.29, 1.82) is 0 Å². The fourth-order valence-corrected chi connectivity index (χ4v) is 3.74. The van der Waals surface area contributed by atoms with Crippen molar-refractivity contribution in [2.75, 3.05) is 0 Å². The normalized spacial score (nSPS) is 21.1. The molecule has 0 radical (unpaired) electrons. The van der Waals surface area contributed by atoms with Gasteiger partial charge in [0.2, 0.25) is 0 Å². The topological polar surface area (TPSA) is 112 Å². The third-order valence-electron chi connectivity index (χ3n) is 5.57. The van der Waals surface area contributed by atoms with Crippen LogP contribution in [0.15, 0.2) is 12.2 Å². The minimum Gasteiger partial charge on any atom is -0.450 e. The van der Waals surface area contributed by atoms with Gasteiger partial charge in [-0.15, -0.1) is 0 Å². The summed E-state index contributed by atoms with van der Waals surface area (Å²) in [6.45, 7) is 13.1. The highest BCUT2D eigenvalue weighted by Crippen LogP contribution is 2.29. The predicted molar refractivity (Wildman–Crippen MR) is 116 cm³/mol. The maximum atomic E-state index is 10.7. The molecule has 0 aliphatic carbocycles. The molecule has 0 bridgehead atoms. The molecule has 0 amide bonds. The van der Waals surface area contributed by atoms with E-state index in [4.69, 9.17) is 19.7 Å². The van der Waals surface area contributed by atoms with Gasteiger partial charge in [-0.25, -0.2) is 9.59 Å². The van der Waals surface area contributed by atoms with Gasteiger partial charge in [-0.2, -0.15) is 0 Å². The molecular weight excluding hydrogens is 404 g/mol. The lowest BCUT2D eigenvalue weighted by Gasteiger charge is -2.16. The molecule has 1 rings (SSSR count). The van der Waals surface area contributed by atoms with Crippen LogP contribution in [0.1, 0.15) is 85.5 Å². The fourth-order valence-electron chi connectivity index (χ4n) is 3.74. The van der Waals surface area contributed by atoms with E-state index in [0.29, 0.717) is 17.9 Å². The molecule has 0 spiro atoms. The third kappa shape index (κ3) is 12.0. The summed E-state index contributed by atoms with van der Waals surface area (Å²) in [5.74, 6) is 2.17. The van der Waals surface area contributed by atoms with Crippen LogP contribution in [0.25, 0.3) is 0 Å². The van der Waals surface area contributed by atoms with Gasteiger partial charge < -0.3 is 29.2 Å². The van der Waals surface area contributed by atoms with E-state index in [0.717, 1.165) is 24.7 Å². The monoisotopic (exact) mass is 444 g/mol. The maximum Gasteiger partial charge on any atom is 0.508 e. The molecule has 2 unspecified atom stereocenters. The molecule has 31 heavy (non-hydrogen) atoms. The van der Waals surface area contributed by atoms with Crippen molar-refractivity contribution in [2.24, 2.45) is 17.8 Å². The minimum atomic E-state index is -1.61. The molecule has 1 fully saturated rings. The molecular formula is C23H40O8. The molecule has 1 saturated heterocycles. The molecule has 2 N–H and O–H groups in total.